The minimum Gasteiger partial charge on any atom is -0.454 e. The van der Waals surface area contributed by atoms with Gasteiger partial charge in [-0.15, -0.1) is 0 Å². The molecule has 0 spiro atoms. The maximum absolute atomic E-state index is 12.4. The lowest BCUT2D eigenvalue weighted by Crippen LogP contribution is -2.44. The number of anilines is 1. The van der Waals surface area contributed by atoms with Crippen LogP contribution in [0.3, 0.4) is 0 Å². The van der Waals surface area contributed by atoms with E-state index in [9.17, 15) is 19.2 Å². The fourth-order valence-corrected chi connectivity index (χ4v) is 2.83. The van der Waals surface area contributed by atoms with Crippen LogP contribution < -0.4 is 10.6 Å². The van der Waals surface area contributed by atoms with Crippen LogP contribution in [-0.4, -0.2) is 47.4 Å². The fourth-order valence-electron chi connectivity index (χ4n) is 2.83. The number of carbonyl (C=O) groups is 4. The number of imide groups is 1. The number of nitrogens with zero attached hydrogens (tertiary/aromatic N) is 1. The molecule has 0 aliphatic carbocycles. The number of unbranched alkanes of at least 4 members (excludes halogenated alkanes) is 1. The van der Waals surface area contributed by atoms with E-state index in [-0.39, 0.29) is 0 Å². The van der Waals surface area contributed by atoms with E-state index in [0.717, 1.165) is 23.3 Å². The summed E-state index contributed by atoms with van der Waals surface area (Å²) in [7, 11) is 0. The van der Waals surface area contributed by atoms with Crippen molar-refractivity contribution in [2.24, 2.45) is 0 Å². The van der Waals surface area contributed by atoms with Crippen LogP contribution in [0, 0.1) is 6.92 Å². The molecule has 8 nitrogen and oxygen atoms in total. The number of aryl methyl sites for hydroxylation is 1. The summed E-state index contributed by atoms with van der Waals surface area (Å²) in [5, 5.41) is 5.23. The molecule has 0 saturated carbocycles. The van der Waals surface area contributed by atoms with Gasteiger partial charge >= 0.3 is 12.0 Å². The number of rotatable bonds is 8. The van der Waals surface area contributed by atoms with Crippen LogP contribution in [0.25, 0.3) is 0 Å². The maximum atomic E-state index is 12.4. The second-order valence-corrected chi connectivity index (χ2v) is 6.84. The molecule has 27 heavy (non-hydrogen) atoms. The molecular formula is C19H25N3O5. The molecule has 0 radical (unpaired) electrons. The van der Waals surface area contributed by atoms with Crippen LogP contribution in [0.5, 0.6) is 0 Å². The van der Waals surface area contributed by atoms with E-state index in [1.807, 2.05) is 19.9 Å². The van der Waals surface area contributed by atoms with Crippen molar-refractivity contribution in [3.05, 3.63) is 29.8 Å². The summed E-state index contributed by atoms with van der Waals surface area (Å²) < 4.78 is 4.89. The Balaban J connectivity index is 1.84. The predicted molar refractivity (Wildman–Crippen MR) is 98.9 cm³/mol. The quantitative estimate of drug-likeness (QED) is 0.534. The van der Waals surface area contributed by atoms with Crippen molar-refractivity contribution in [2.45, 2.75) is 45.6 Å². The van der Waals surface area contributed by atoms with Gasteiger partial charge in [0.05, 0.1) is 0 Å². The number of amides is 4. The third-order valence-corrected chi connectivity index (χ3v) is 4.33. The van der Waals surface area contributed by atoms with Crippen LogP contribution in [-0.2, 0) is 19.1 Å². The molecule has 0 unspecified atom stereocenters. The van der Waals surface area contributed by atoms with Crippen molar-refractivity contribution in [1.82, 2.24) is 10.2 Å². The average Bonchev–Trinajstić information content (AvgIpc) is 2.82. The molecule has 1 fully saturated rings. The van der Waals surface area contributed by atoms with Gasteiger partial charge in [0, 0.05) is 5.69 Å². The first-order valence-corrected chi connectivity index (χ1v) is 8.91. The third kappa shape index (κ3) is 5.29. The number of ether oxygens (including phenoxy) is 1. The highest BCUT2D eigenvalue weighted by Crippen LogP contribution is 2.23. The molecule has 2 N–H and O–H groups in total. The van der Waals surface area contributed by atoms with Gasteiger partial charge in [-0.2, -0.15) is 0 Å². The van der Waals surface area contributed by atoms with Crippen molar-refractivity contribution in [3.63, 3.8) is 0 Å². The molecule has 1 heterocycles. The minimum atomic E-state index is -1.00. The van der Waals surface area contributed by atoms with Gasteiger partial charge in [0.15, 0.2) is 6.61 Å². The van der Waals surface area contributed by atoms with Gasteiger partial charge in [-0.1, -0.05) is 31.9 Å². The zero-order valence-electron chi connectivity index (χ0n) is 15.8. The van der Waals surface area contributed by atoms with Crippen LogP contribution in [0.15, 0.2) is 24.3 Å². The summed E-state index contributed by atoms with van der Waals surface area (Å²) >= 11 is 0. The van der Waals surface area contributed by atoms with Crippen molar-refractivity contribution < 1.29 is 23.9 Å². The molecule has 1 aromatic carbocycles. The highest BCUT2D eigenvalue weighted by Gasteiger charge is 2.47. The average molecular weight is 375 g/mol. The van der Waals surface area contributed by atoms with Crippen molar-refractivity contribution in [3.8, 4) is 0 Å². The largest absolute Gasteiger partial charge is 0.454 e. The SMILES string of the molecule is CCCC[C@]1(C)NC(=O)N(CC(=O)OCC(=O)Nc2cccc(C)c2)C1=O. The monoisotopic (exact) mass is 375 g/mol. The molecule has 146 valence electrons. The standard InChI is InChI=1S/C19H25N3O5/c1-4-5-9-19(3)17(25)22(18(26)21-19)11-16(24)27-12-15(23)20-14-8-6-7-13(2)10-14/h6-8,10H,4-5,9,11-12H2,1-3H3,(H,20,23)(H,21,26)/t19-/m0/s1. The summed E-state index contributed by atoms with van der Waals surface area (Å²) in [5.41, 5.74) is 0.571. The van der Waals surface area contributed by atoms with Crippen LogP contribution >= 0.6 is 0 Å². The lowest BCUT2D eigenvalue weighted by atomic mass is 9.95. The summed E-state index contributed by atoms with van der Waals surface area (Å²) in [6.07, 6.45) is 2.16. The number of esters is 1. The van der Waals surface area contributed by atoms with E-state index in [0.29, 0.717) is 12.1 Å². The van der Waals surface area contributed by atoms with E-state index in [4.69, 9.17) is 4.74 Å². The summed E-state index contributed by atoms with van der Waals surface area (Å²) in [6.45, 7) is 4.50. The number of hydrogen-bond donors (Lipinski definition) is 2. The van der Waals surface area contributed by atoms with Crippen molar-refractivity contribution in [1.29, 1.82) is 0 Å². The third-order valence-electron chi connectivity index (χ3n) is 4.33. The van der Waals surface area contributed by atoms with Crippen molar-refractivity contribution >= 4 is 29.5 Å². The Morgan fingerprint density at radius 1 is 1.30 bits per heavy atom. The molecule has 4 amide bonds. The first kappa shape index (κ1) is 20.4. The molecule has 1 saturated heterocycles. The van der Waals surface area contributed by atoms with Crippen LogP contribution in [0.2, 0.25) is 0 Å². The van der Waals surface area contributed by atoms with Crippen molar-refractivity contribution in [2.75, 3.05) is 18.5 Å². The zero-order valence-corrected chi connectivity index (χ0v) is 15.8. The molecular weight excluding hydrogens is 350 g/mol. The summed E-state index contributed by atoms with van der Waals surface area (Å²) in [4.78, 5) is 49.1. The Morgan fingerprint density at radius 2 is 2.04 bits per heavy atom. The number of benzene rings is 1. The smallest absolute Gasteiger partial charge is 0.326 e. The first-order chi connectivity index (χ1) is 12.7. The Morgan fingerprint density at radius 3 is 2.70 bits per heavy atom. The van der Waals surface area contributed by atoms with Gasteiger partial charge in [0.1, 0.15) is 12.1 Å². The maximum Gasteiger partial charge on any atom is 0.326 e. The summed E-state index contributed by atoms with van der Waals surface area (Å²) in [6, 6.07) is 6.56. The molecule has 8 heteroatoms. The molecule has 2 rings (SSSR count). The number of carbonyl (C=O) groups excluding carboxylic acids is 4. The van der Waals surface area contributed by atoms with E-state index in [2.05, 4.69) is 10.6 Å². The number of nitrogens with one attached hydrogen (secondary N) is 2. The fraction of sp³-hybridized carbons (Fsp3) is 0.474. The molecule has 1 aliphatic rings. The van der Waals surface area contributed by atoms with E-state index >= 15 is 0 Å². The summed E-state index contributed by atoms with van der Waals surface area (Å²) in [5.74, 6) is -1.78. The lowest BCUT2D eigenvalue weighted by Gasteiger charge is -2.21. The normalized spacial score (nSPS) is 19.0. The molecule has 0 aromatic heterocycles. The zero-order chi connectivity index (χ0) is 20.0. The second-order valence-electron chi connectivity index (χ2n) is 6.84. The van der Waals surface area contributed by atoms with Gasteiger partial charge in [0.2, 0.25) is 0 Å². The number of hydrogen-bond acceptors (Lipinski definition) is 5. The van der Waals surface area contributed by atoms with E-state index < -0.39 is 42.5 Å². The number of urea groups is 1. The van der Waals surface area contributed by atoms with E-state index in [1.165, 1.54) is 0 Å². The second kappa shape index (κ2) is 8.66. The topological polar surface area (TPSA) is 105 Å². The van der Waals surface area contributed by atoms with Crippen LogP contribution in [0.1, 0.15) is 38.7 Å². The van der Waals surface area contributed by atoms with Gasteiger partial charge in [-0.25, -0.2) is 4.79 Å². The highest BCUT2D eigenvalue weighted by atomic mass is 16.5. The first-order valence-electron chi connectivity index (χ1n) is 8.91. The predicted octanol–water partition coefficient (Wildman–Crippen LogP) is 1.98. The Labute approximate surface area is 158 Å². The van der Waals surface area contributed by atoms with E-state index in [1.54, 1.807) is 25.1 Å². The molecule has 0 bridgehead atoms. The Kier molecular flexibility index (Phi) is 6.55. The Bertz CT molecular complexity index is 749. The molecule has 1 aromatic rings. The lowest BCUT2D eigenvalue weighted by molar-refractivity contribution is -0.150. The van der Waals surface area contributed by atoms with Gasteiger partial charge < -0.3 is 15.4 Å². The van der Waals surface area contributed by atoms with Gasteiger partial charge in [0.25, 0.3) is 11.8 Å². The van der Waals surface area contributed by atoms with Gasteiger partial charge in [-0.05, 0) is 38.0 Å². The molecule has 1 aliphatic heterocycles. The Hall–Kier alpha value is -2.90. The molecule has 1 atom stereocenters. The minimum absolute atomic E-state index is 0.456. The highest BCUT2D eigenvalue weighted by molar-refractivity contribution is 6.08. The van der Waals surface area contributed by atoms with Crippen LogP contribution in [0.4, 0.5) is 10.5 Å². The van der Waals surface area contributed by atoms with Gasteiger partial charge in [-0.3, -0.25) is 19.3 Å².